The zero-order chi connectivity index (χ0) is 13.9. The van der Waals surface area contributed by atoms with Crippen LogP contribution in [0.15, 0.2) is 10.9 Å². The van der Waals surface area contributed by atoms with Crippen molar-refractivity contribution >= 4 is 5.82 Å². The third-order valence-corrected chi connectivity index (χ3v) is 4.76. The number of H-pyrrole nitrogens is 1. The first-order valence-electron chi connectivity index (χ1n) is 7.47. The van der Waals surface area contributed by atoms with E-state index in [1.165, 1.54) is 25.7 Å². The first kappa shape index (κ1) is 14.1. The summed E-state index contributed by atoms with van der Waals surface area (Å²) in [5, 5.41) is 0. The summed E-state index contributed by atoms with van der Waals surface area (Å²) in [7, 11) is 0. The molecule has 4 nitrogen and oxygen atoms in total. The average Bonchev–Trinajstić information content (AvgIpc) is 2.46. The summed E-state index contributed by atoms with van der Waals surface area (Å²) < 4.78 is 0. The summed E-state index contributed by atoms with van der Waals surface area (Å²) in [6.07, 6.45) is 5.68. The summed E-state index contributed by atoms with van der Waals surface area (Å²) in [5.41, 5.74) is 0.468. The van der Waals surface area contributed by atoms with Crippen LogP contribution in [-0.2, 0) is 6.42 Å². The molecule has 0 radical (unpaired) electrons. The van der Waals surface area contributed by atoms with Gasteiger partial charge in [0.15, 0.2) is 0 Å². The molecule has 0 amide bonds. The smallest absolute Gasteiger partial charge is 0.252 e. The van der Waals surface area contributed by atoms with E-state index >= 15 is 0 Å². The fraction of sp³-hybridized carbons (Fsp3) is 0.733. The highest BCUT2D eigenvalue weighted by Crippen LogP contribution is 2.38. The Morgan fingerprint density at radius 2 is 1.89 bits per heavy atom. The van der Waals surface area contributed by atoms with Crippen LogP contribution in [0, 0.1) is 5.41 Å². The first-order valence-corrected chi connectivity index (χ1v) is 7.47. The lowest BCUT2D eigenvalue weighted by Crippen LogP contribution is -2.40. The van der Waals surface area contributed by atoms with Crippen LogP contribution in [0.3, 0.4) is 0 Å². The predicted octanol–water partition coefficient (Wildman–Crippen LogP) is 2.74. The van der Waals surface area contributed by atoms with Crippen LogP contribution in [0.5, 0.6) is 0 Å². The minimum Gasteiger partial charge on any atom is -0.356 e. The van der Waals surface area contributed by atoms with Gasteiger partial charge in [0, 0.05) is 25.6 Å². The van der Waals surface area contributed by atoms with Gasteiger partial charge in [0.25, 0.3) is 5.56 Å². The van der Waals surface area contributed by atoms with Crippen molar-refractivity contribution < 1.29 is 0 Å². The van der Waals surface area contributed by atoms with Crippen LogP contribution in [0.4, 0.5) is 5.82 Å². The van der Waals surface area contributed by atoms with Crippen LogP contribution in [0.2, 0.25) is 0 Å². The molecule has 4 heteroatoms. The second kappa shape index (κ2) is 5.76. The van der Waals surface area contributed by atoms with Gasteiger partial charge in [0.2, 0.25) is 0 Å². The quantitative estimate of drug-likeness (QED) is 0.908. The molecule has 1 aliphatic rings. The number of nitrogens with zero attached hydrogens (tertiary/aromatic N) is 2. The molecule has 1 aromatic rings. The van der Waals surface area contributed by atoms with E-state index in [1.54, 1.807) is 6.07 Å². The van der Waals surface area contributed by atoms with Crippen LogP contribution in [0.25, 0.3) is 0 Å². The maximum Gasteiger partial charge on any atom is 0.252 e. The maximum absolute atomic E-state index is 11.6. The molecule has 0 saturated carbocycles. The van der Waals surface area contributed by atoms with E-state index in [2.05, 4.69) is 28.7 Å². The standard InChI is InChI=1S/C15H25N3O/c1-4-12-16-13(11-14(19)17-12)18-9-7-15(5-2,6-3)8-10-18/h11H,4-10H2,1-3H3,(H,16,17,19). The molecule has 19 heavy (non-hydrogen) atoms. The molecule has 1 N–H and O–H groups in total. The molecule has 0 spiro atoms. The van der Waals surface area contributed by atoms with Crippen LogP contribution < -0.4 is 10.5 Å². The number of nitrogens with one attached hydrogen (secondary N) is 1. The number of anilines is 1. The second-order valence-electron chi connectivity index (χ2n) is 5.60. The van der Waals surface area contributed by atoms with Gasteiger partial charge < -0.3 is 9.88 Å². The number of hydrogen-bond acceptors (Lipinski definition) is 3. The Morgan fingerprint density at radius 1 is 1.26 bits per heavy atom. The highest BCUT2D eigenvalue weighted by Gasteiger charge is 2.31. The number of piperidine rings is 1. The van der Waals surface area contributed by atoms with Crippen molar-refractivity contribution in [2.24, 2.45) is 5.41 Å². The van der Waals surface area contributed by atoms with Crippen LogP contribution >= 0.6 is 0 Å². The van der Waals surface area contributed by atoms with Crippen molar-refractivity contribution in [2.75, 3.05) is 18.0 Å². The van der Waals surface area contributed by atoms with E-state index in [0.717, 1.165) is 31.2 Å². The van der Waals surface area contributed by atoms with Crippen molar-refractivity contribution in [2.45, 2.75) is 52.9 Å². The number of rotatable bonds is 4. The summed E-state index contributed by atoms with van der Waals surface area (Å²) in [6, 6.07) is 1.63. The first-order chi connectivity index (χ1) is 9.12. The fourth-order valence-corrected chi connectivity index (χ4v) is 2.99. The zero-order valence-electron chi connectivity index (χ0n) is 12.3. The highest BCUT2D eigenvalue weighted by atomic mass is 16.1. The van der Waals surface area contributed by atoms with Crippen LogP contribution in [-0.4, -0.2) is 23.1 Å². The zero-order valence-corrected chi connectivity index (χ0v) is 12.3. The van der Waals surface area contributed by atoms with Crippen LogP contribution in [0.1, 0.15) is 52.3 Å². The van der Waals surface area contributed by atoms with Gasteiger partial charge in [-0.15, -0.1) is 0 Å². The molecular formula is C15H25N3O. The van der Waals surface area contributed by atoms with E-state index in [-0.39, 0.29) is 5.56 Å². The summed E-state index contributed by atoms with van der Waals surface area (Å²) in [5.74, 6) is 1.63. The summed E-state index contributed by atoms with van der Waals surface area (Å²) in [6.45, 7) is 8.62. The van der Waals surface area contributed by atoms with Gasteiger partial charge in [0.05, 0.1) is 0 Å². The SMILES string of the molecule is CCc1nc(N2CCC(CC)(CC)CC2)cc(=O)[nH]1. The van der Waals surface area contributed by atoms with Crippen molar-refractivity contribution in [3.63, 3.8) is 0 Å². The molecule has 0 bridgehead atoms. The molecule has 0 aliphatic carbocycles. The Morgan fingerprint density at radius 3 is 2.42 bits per heavy atom. The summed E-state index contributed by atoms with van der Waals surface area (Å²) in [4.78, 5) is 21.2. The van der Waals surface area contributed by atoms with Crippen molar-refractivity contribution in [1.82, 2.24) is 9.97 Å². The van der Waals surface area contributed by atoms with Crippen molar-refractivity contribution in [3.05, 3.63) is 22.2 Å². The third-order valence-electron chi connectivity index (χ3n) is 4.76. The number of aromatic amines is 1. The van der Waals surface area contributed by atoms with Gasteiger partial charge >= 0.3 is 0 Å². The molecular weight excluding hydrogens is 238 g/mol. The lowest BCUT2D eigenvalue weighted by Gasteiger charge is -2.41. The van der Waals surface area contributed by atoms with E-state index in [0.29, 0.717) is 5.41 Å². The fourth-order valence-electron chi connectivity index (χ4n) is 2.99. The van der Waals surface area contributed by atoms with Gasteiger partial charge in [-0.25, -0.2) is 4.98 Å². The van der Waals surface area contributed by atoms with Crippen molar-refractivity contribution in [1.29, 1.82) is 0 Å². The Balaban J connectivity index is 2.13. The Kier molecular flexibility index (Phi) is 4.27. The molecule has 1 saturated heterocycles. The predicted molar refractivity (Wildman–Crippen MR) is 78.7 cm³/mol. The molecule has 2 heterocycles. The van der Waals surface area contributed by atoms with Crippen molar-refractivity contribution in [3.8, 4) is 0 Å². The topological polar surface area (TPSA) is 49.0 Å². The van der Waals surface area contributed by atoms with E-state index < -0.39 is 0 Å². The van der Waals surface area contributed by atoms with E-state index in [1.807, 2.05) is 6.92 Å². The van der Waals surface area contributed by atoms with Gasteiger partial charge in [-0.05, 0) is 18.3 Å². The molecule has 0 unspecified atom stereocenters. The molecule has 2 rings (SSSR count). The molecule has 1 aliphatic heterocycles. The lowest BCUT2D eigenvalue weighted by molar-refractivity contribution is 0.199. The minimum absolute atomic E-state index is 0.0373. The molecule has 0 aromatic carbocycles. The summed E-state index contributed by atoms with van der Waals surface area (Å²) >= 11 is 0. The van der Waals surface area contributed by atoms with Gasteiger partial charge in [-0.1, -0.05) is 33.6 Å². The second-order valence-corrected chi connectivity index (χ2v) is 5.60. The largest absolute Gasteiger partial charge is 0.356 e. The van der Waals surface area contributed by atoms with E-state index in [9.17, 15) is 4.79 Å². The van der Waals surface area contributed by atoms with Gasteiger partial charge in [-0.2, -0.15) is 0 Å². The lowest BCUT2D eigenvalue weighted by atomic mass is 9.74. The highest BCUT2D eigenvalue weighted by molar-refractivity contribution is 5.38. The Hall–Kier alpha value is -1.32. The number of aryl methyl sites for hydroxylation is 1. The molecule has 106 valence electrons. The molecule has 1 fully saturated rings. The minimum atomic E-state index is -0.0373. The molecule has 1 aromatic heterocycles. The Labute approximate surface area is 115 Å². The van der Waals surface area contributed by atoms with Gasteiger partial charge in [0.1, 0.15) is 11.6 Å². The third kappa shape index (κ3) is 2.99. The maximum atomic E-state index is 11.6. The number of hydrogen-bond donors (Lipinski definition) is 1. The Bertz CT molecular complexity index is 467. The van der Waals surface area contributed by atoms with E-state index in [4.69, 9.17) is 0 Å². The number of aromatic nitrogens is 2. The normalized spacial score (nSPS) is 18.6. The van der Waals surface area contributed by atoms with Gasteiger partial charge in [-0.3, -0.25) is 4.79 Å². The monoisotopic (exact) mass is 263 g/mol. The molecule has 0 atom stereocenters. The average molecular weight is 263 g/mol.